The van der Waals surface area contributed by atoms with E-state index in [0.29, 0.717) is 29.0 Å². The minimum atomic E-state index is -0.459. The van der Waals surface area contributed by atoms with Crippen molar-refractivity contribution < 1.29 is 19.1 Å². The molecule has 1 aliphatic rings. The van der Waals surface area contributed by atoms with E-state index in [1.807, 2.05) is 6.07 Å². The van der Waals surface area contributed by atoms with Gasteiger partial charge in [-0.15, -0.1) is 0 Å². The molecule has 0 fully saturated rings. The molecule has 0 amide bonds. The second-order valence-corrected chi connectivity index (χ2v) is 4.48. The highest BCUT2D eigenvalue weighted by atomic mass is 16.5. The quantitative estimate of drug-likeness (QED) is 0.746. The van der Waals surface area contributed by atoms with Crippen LogP contribution in [0, 0.1) is 0 Å². The summed E-state index contributed by atoms with van der Waals surface area (Å²) in [4.78, 5) is 24.1. The van der Waals surface area contributed by atoms with Crippen LogP contribution in [-0.4, -0.2) is 18.9 Å². The summed E-state index contributed by atoms with van der Waals surface area (Å²) in [6.45, 7) is 0.305. The molecule has 0 saturated carbocycles. The zero-order valence-corrected chi connectivity index (χ0v) is 10.9. The molecule has 0 bridgehead atoms. The smallest absolute Gasteiger partial charge is 0.337 e. The molecule has 4 heteroatoms. The Bertz CT molecular complexity index is 703. The fraction of sp³-hybridized carbons (Fsp3) is 0.125. The maximum absolute atomic E-state index is 12.6. The number of esters is 1. The van der Waals surface area contributed by atoms with Gasteiger partial charge in [0.1, 0.15) is 12.4 Å². The first-order valence-corrected chi connectivity index (χ1v) is 6.18. The second kappa shape index (κ2) is 4.81. The van der Waals surface area contributed by atoms with Crippen LogP contribution in [0.3, 0.4) is 0 Å². The molecule has 0 spiro atoms. The molecule has 100 valence electrons. The molecule has 0 atom stereocenters. The summed E-state index contributed by atoms with van der Waals surface area (Å²) in [5.74, 6) is -0.0359. The van der Waals surface area contributed by atoms with Crippen LogP contribution in [0.4, 0.5) is 0 Å². The number of carbonyl (C=O) groups excluding carboxylic acids is 2. The van der Waals surface area contributed by atoms with Crippen LogP contribution >= 0.6 is 0 Å². The fourth-order valence-electron chi connectivity index (χ4n) is 2.24. The van der Waals surface area contributed by atoms with Crippen LogP contribution in [-0.2, 0) is 11.3 Å². The highest BCUT2D eigenvalue weighted by Crippen LogP contribution is 2.28. The Morgan fingerprint density at radius 1 is 1.15 bits per heavy atom. The van der Waals surface area contributed by atoms with Gasteiger partial charge in [0, 0.05) is 11.1 Å². The maximum atomic E-state index is 12.6. The standard InChI is InChI=1S/C16H12O4/c1-19-16(18)10-6-7-11-9-20-14-5-3-2-4-12(14)15(17)13(11)8-10/h2-8H,9H2,1H3. The van der Waals surface area contributed by atoms with Gasteiger partial charge >= 0.3 is 5.97 Å². The van der Waals surface area contributed by atoms with Crippen molar-refractivity contribution in [3.8, 4) is 5.75 Å². The number of ether oxygens (including phenoxy) is 2. The first kappa shape index (κ1) is 12.4. The van der Waals surface area contributed by atoms with Crippen molar-refractivity contribution >= 4 is 11.8 Å². The highest BCUT2D eigenvalue weighted by Gasteiger charge is 2.23. The molecule has 4 nitrogen and oxygen atoms in total. The zero-order chi connectivity index (χ0) is 14.1. The molecule has 0 aliphatic carbocycles. The van der Waals surface area contributed by atoms with E-state index in [-0.39, 0.29) is 5.78 Å². The van der Waals surface area contributed by atoms with Crippen molar-refractivity contribution in [2.45, 2.75) is 6.61 Å². The predicted octanol–water partition coefficient (Wildman–Crippen LogP) is 2.60. The van der Waals surface area contributed by atoms with Crippen LogP contribution in [0.2, 0.25) is 0 Å². The number of fused-ring (bicyclic) bond motifs is 2. The molecule has 2 aromatic carbocycles. The topological polar surface area (TPSA) is 52.6 Å². The average molecular weight is 268 g/mol. The van der Waals surface area contributed by atoms with E-state index in [0.717, 1.165) is 5.56 Å². The molecular weight excluding hydrogens is 256 g/mol. The average Bonchev–Trinajstić information content (AvgIpc) is 2.64. The highest BCUT2D eigenvalue weighted by molar-refractivity contribution is 6.12. The minimum Gasteiger partial charge on any atom is -0.488 e. The van der Waals surface area contributed by atoms with Crippen LogP contribution in [0.15, 0.2) is 42.5 Å². The number of carbonyl (C=O) groups is 2. The summed E-state index contributed by atoms with van der Waals surface area (Å²) < 4.78 is 10.3. The van der Waals surface area contributed by atoms with Crippen molar-refractivity contribution in [2.24, 2.45) is 0 Å². The Hall–Kier alpha value is -2.62. The lowest BCUT2D eigenvalue weighted by molar-refractivity contribution is 0.0600. The summed E-state index contributed by atoms with van der Waals surface area (Å²) in [5, 5.41) is 0. The van der Waals surface area contributed by atoms with Gasteiger partial charge in [0.05, 0.1) is 18.2 Å². The summed E-state index contributed by atoms with van der Waals surface area (Å²) in [7, 11) is 1.31. The van der Waals surface area contributed by atoms with Gasteiger partial charge in [0.25, 0.3) is 0 Å². The van der Waals surface area contributed by atoms with Crippen molar-refractivity contribution in [2.75, 3.05) is 7.11 Å². The Kier molecular flexibility index (Phi) is 2.99. The first-order valence-electron chi connectivity index (χ1n) is 6.18. The molecule has 2 aromatic rings. The zero-order valence-electron chi connectivity index (χ0n) is 10.9. The molecule has 0 unspecified atom stereocenters. The number of ketones is 1. The van der Waals surface area contributed by atoms with Gasteiger partial charge in [-0.25, -0.2) is 4.79 Å². The number of para-hydroxylation sites is 1. The summed E-state index contributed by atoms with van der Waals surface area (Å²) >= 11 is 0. The summed E-state index contributed by atoms with van der Waals surface area (Å²) in [6, 6.07) is 12.0. The molecule has 0 radical (unpaired) electrons. The lowest BCUT2D eigenvalue weighted by Crippen LogP contribution is -2.07. The first-order chi connectivity index (χ1) is 9.70. The lowest BCUT2D eigenvalue weighted by atomic mass is 9.97. The molecule has 3 rings (SSSR count). The molecule has 0 saturated heterocycles. The van der Waals surface area contributed by atoms with Crippen molar-refractivity contribution in [1.82, 2.24) is 0 Å². The number of hydrogen-bond acceptors (Lipinski definition) is 4. The Balaban J connectivity index is 2.13. The molecular formula is C16H12O4. The van der Waals surface area contributed by atoms with Gasteiger partial charge in [-0.3, -0.25) is 4.79 Å². The van der Waals surface area contributed by atoms with E-state index in [1.165, 1.54) is 7.11 Å². The largest absolute Gasteiger partial charge is 0.488 e. The SMILES string of the molecule is COC(=O)c1ccc2c(c1)C(=O)c1ccccc1OC2. The van der Waals surface area contributed by atoms with Crippen molar-refractivity contribution in [3.63, 3.8) is 0 Å². The van der Waals surface area contributed by atoms with Crippen LogP contribution in [0.5, 0.6) is 5.75 Å². The van der Waals surface area contributed by atoms with E-state index < -0.39 is 5.97 Å². The molecule has 1 heterocycles. The van der Waals surface area contributed by atoms with E-state index >= 15 is 0 Å². The van der Waals surface area contributed by atoms with E-state index in [2.05, 4.69) is 4.74 Å². The van der Waals surface area contributed by atoms with Crippen LogP contribution < -0.4 is 4.74 Å². The van der Waals surface area contributed by atoms with Gasteiger partial charge in [0.15, 0.2) is 5.78 Å². The molecule has 0 aromatic heterocycles. The summed E-state index contributed by atoms with van der Waals surface area (Å²) in [5.41, 5.74) is 2.11. The monoisotopic (exact) mass is 268 g/mol. The van der Waals surface area contributed by atoms with Gasteiger partial charge in [-0.1, -0.05) is 18.2 Å². The van der Waals surface area contributed by atoms with Crippen molar-refractivity contribution in [3.05, 3.63) is 64.7 Å². The number of benzene rings is 2. The van der Waals surface area contributed by atoms with Crippen LogP contribution in [0.25, 0.3) is 0 Å². The molecule has 20 heavy (non-hydrogen) atoms. The second-order valence-electron chi connectivity index (χ2n) is 4.48. The normalized spacial score (nSPS) is 12.8. The van der Waals surface area contributed by atoms with Gasteiger partial charge in [-0.05, 0) is 24.3 Å². The number of hydrogen-bond donors (Lipinski definition) is 0. The molecule has 1 aliphatic heterocycles. The Morgan fingerprint density at radius 2 is 1.95 bits per heavy atom. The maximum Gasteiger partial charge on any atom is 0.337 e. The fourth-order valence-corrected chi connectivity index (χ4v) is 2.24. The third kappa shape index (κ3) is 1.95. The lowest BCUT2D eigenvalue weighted by Gasteiger charge is -2.06. The summed E-state index contributed by atoms with van der Waals surface area (Å²) in [6.07, 6.45) is 0. The van der Waals surface area contributed by atoms with Gasteiger partial charge < -0.3 is 9.47 Å². The van der Waals surface area contributed by atoms with E-state index in [1.54, 1.807) is 36.4 Å². The predicted molar refractivity (Wildman–Crippen MR) is 72.0 cm³/mol. The third-order valence-corrected chi connectivity index (χ3v) is 3.29. The number of rotatable bonds is 1. The van der Waals surface area contributed by atoms with E-state index in [4.69, 9.17) is 4.74 Å². The molecule has 0 N–H and O–H groups in total. The van der Waals surface area contributed by atoms with Crippen LogP contribution in [0.1, 0.15) is 31.8 Å². The van der Waals surface area contributed by atoms with Crippen molar-refractivity contribution in [1.29, 1.82) is 0 Å². The van der Waals surface area contributed by atoms with Gasteiger partial charge in [-0.2, -0.15) is 0 Å². The minimum absolute atomic E-state index is 0.140. The third-order valence-electron chi connectivity index (χ3n) is 3.29. The number of methoxy groups -OCH3 is 1. The Labute approximate surface area is 115 Å². The van der Waals surface area contributed by atoms with Gasteiger partial charge in [0.2, 0.25) is 0 Å². The van der Waals surface area contributed by atoms with E-state index in [9.17, 15) is 9.59 Å². The Morgan fingerprint density at radius 3 is 2.75 bits per heavy atom.